The first-order valence-electron chi connectivity index (χ1n) is 9.94. The quantitative estimate of drug-likeness (QED) is 0.412. The van der Waals surface area contributed by atoms with Crippen molar-refractivity contribution in [1.82, 2.24) is 4.31 Å². The SMILES string of the molecule is Cc1cc(C)c(NC(=O)CN(Cc2ccc(Br)cc2)S(=O)(=O)c2ccc(Cl)cc2)c(C)c1. The van der Waals surface area contributed by atoms with Gasteiger partial charge in [0.05, 0.1) is 11.4 Å². The van der Waals surface area contributed by atoms with E-state index in [1.807, 2.05) is 57.2 Å². The minimum absolute atomic E-state index is 0.0531. The number of aryl methyl sites for hydroxylation is 3. The van der Waals surface area contributed by atoms with Gasteiger partial charge in [0.25, 0.3) is 0 Å². The number of hydrogen-bond donors (Lipinski definition) is 1. The Balaban J connectivity index is 1.90. The highest BCUT2D eigenvalue weighted by molar-refractivity contribution is 9.10. The van der Waals surface area contributed by atoms with Crippen LogP contribution in [0.1, 0.15) is 22.3 Å². The monoisotopic (exact) mass is 534 g/mol. The number of sulfonamides is 1. The van der Waals surface area contributed by atoms with E-state index in [0.717, 1.165) is 26.7 Å². The molecule has 3 rings (SSSR count). The number of carbonyl (C=O) groups is 1. The molecule has 32 heavy (non-hydrogen) atoms. The zero-order valence-corrected chi connectivity index (χ0v) is 21.2. The van der Waals surface area contributed by atoms with E-state index in [0.29, 0.717) is 10.7 Å². The van der Waals surface area contributed by atoms with Crippen molar-refractivity contribution in [3.63, 3.8) is 0 Å². The molecule has 0 saturated carbocycles. The Bertz CT molecular complexity index is 1200. The molecule has 3 aromatic carbocycles. The molecular weight excluding hydrogens is 512 g/mol. The maximum absolute atomic E-state index is 13.4. The molecule has 3 aromatic rings. The fraction of sp³-hybridized carbons (Fsp3) is 0.208. The molecule has 0 aliphatic heterocycles. The van der Waals surface area contributed by atoms with Crippen LogP contribution >= 0.6 is 27.5 Å². The van der Waals surface area contributed by atoms with Crippen LogP contribution < -0.4 is 5.32 Å². The molecule has 0 aromatic heterocycles. The van der Waals surface area contributed by atoms with Crippen molar-refractivity contribution in [3.05, 3.63) is 92.4 Å². The van der Waals surface area contributed by atoms with Gasteiger partial charge in [-0.3, -0.25) is 4.79 Å². The third-order valence-corrected chi connectivity index (χ3v) is 7.57. The van der Waals surface area contributed by atoms with E-state index >= 15 is 0 Å². The second kappa shape index (κ2) is 10.2. The van der Waals surface area contributed by atoms with Crippen LogP contribution in [0.15, 0.2) is 70.0 Å². The molecule has 0 aliphatic rings. The van der Waals surface area contributed by atoms with Crippen LogP contribution in [0.5, 0.6) is 0 Å². The molecule has 1 N–H and O–H groups in total. The number of nitrogens with zero attached hydrogens (tertiary/aromatic N) is 1. The Morgan fingerprint density at radius 3 is 2.09 bits per heavy atom. The number of amides is 1. The number of anilines is 1. The molecule has 5 nitrogen and oxygen atoms in total. The van der Waals surface area contributed by atoms with E-state index in [4.69, 9.17) is 11.6 Å². The first-order valence-corrected chi connectivity index (χ1v) is 12.6. The summed E-state index contributed by atoms with van der Waals surface area (Å²) in [6.07, 6.45) is 0. The van der Waals surface area contributed by atoms with Gasteiger partial charge in [0.2, 0.25) is 15.9 Å². The molecule has 168 valence electrons. The fourth-order valence-corrected chi connectivity index (χ4v) is 5.27. The number of hydrogen-bond acceptors (Lipinski definition) is 3. The van der Waals surface area contributed by atoms with Gasteiger partial charge in [-0.05, 0) is 73.9 Å². The Labute approximate surface area is 202 Å². The standard InChI is InChI=1S/C24H24BrClN2O3S/c1-16-12-17(2)24(18(3)13-16)27-23(29)15-28(14-19-4-6-20(25)7-5-19)32(30,31)22-10-8-21(26)9-11-22/h4-13H,14-15H2,1-3H3,(H,27,29). The second-order valence-corrected chi connectivity index (χ2v) is 11.0. The average Bonchev–Trinajstić information content (AvgIpc) is 2.72. The highest BCUT2D eigenvalue weighted by Gasteiger charge is 2.27. The summed E-state index contributed by atoms with van der Waals surface area (Å²) >= 11 is 9.31. The number of halogens is 2. The van der Waals surface area contributed by atoms with Gasteiger partial charge in [-0.15, -0.1) is 0 Å². The van der Waals surface area contributed by atoms with Crippen molar-refractivity contribution >= 4 is 49.1 Å². The molecular formula is C24H24BrClN2O3S. The lowest BCUT2D eigenvalue weighted by Crippen LogP contribution is -2.37. The van der Waals surface area contributed by atoms with Crippen LogP contribution in [0.25, 0.3) is 0 Å². The Morgan fingerprint density at radius 2 is 1.53 bits per heavy atom. The van der Waals surface area contributed by atoms with Gasteiger partial charge in [-0.2, -0.15) is 4.31 Å². The number of carbonyl (C=O) groups excluding carboxylic acids is 1. The third kappa shape index (κ3) is 5.98. The van der Waals surface area contributed by atoms with Crippen LogP contribution in [0.4, 0.5) is 5.69 Å². The highest BCUT2D eigenvalue weighted by Crippen LogP contribution is 2.24. The van der Waals surface area contributed by atoms with Gasteiger partial charge >= 0.3 is 0 Å². The third-order valence-electron chi connectivity index (χ3n) is 4.99. The van der Waals surface area contributed by atoms with E-state index in [1.165, 1.54) is 28.6 Å². The zero-order chi connectivity index (χ0) is 23.5. The molecule has 0 bridgehead atoms. The van der Waals surface area contributed by atoms with E-state index < -0.39 is 15.9 Å². The summed E-state index contributed by atoms with van der Waals surface area (Å²) in [4.78, 5) is 13.0. The number of rotatable bonds is 7. The summed E-state index contributed by atoms with van der Waals surface area (Å²) in [7, 11) is -3.94. The largest absolute Gasteiger partial charge is 0.324 e. The molecule has 0 radical (unpaired) electrons. The van der Waals surface area contributed by atoms with E-state index in [9.17, 15) is 13.2 Å². The Morgan fingerprint density at radius 1 is 0.969 bits per heavy atom. The zero-order valence-electron chi connectivity index (χ0n) is 18.0. The van der Waals surface area contributed by atoms with E-state index in [2.05, 4.69) is 21.2 Å². The van der Waals surface area contributed by atoms with E-state index in [1.54, 1.807) is 0 Å². The van der Waals surface area contributed by atoms with Crippen molar-refractivity contribution in [2.75, 3.05) is 11.9 Å². The van der Waals surface area contributed by atoms with Crippen molar-refractivity contribution in [1.29, 1.82) is 0 Å². The Hall–Kier alpha value is -2.19. The second-order valence-electron chi connectivity index (χ2n) is 7.68. The van der Waals surface area contributed by atoms with Crippen molar-refractivity contribution in [3.8, 4) is 0 Å². The maximum atomic E-state index is 13.4. The van der Waals surface area contributed by atoms with Gasteiger partial charge in [0.15, 0.2) is 0 Å². The fourth-order valence-electron chi connectivity index (χ4n) is 3.49. The van der Waals surface area contributed by atoms with E-state index in [-0.39, 0.29) is 18.0 Å². The number of benzene rings is 3. The minimum Gasteiger partial charge on any atom is -0.324 e. The normalized spacial score (nSPS) is 11.6. The molecule has 0 aliphatic carbocycles. The highest BCUT2D eigenvalue weighted by atomic mass is 79.9. The molecule has 1 amide bonds. The van der Waals surface area contributed by atoms with Crippen molar-refractivity contribution in [2.45, 2.75) is 32.2 Å². The van der Waals surface area contributed by atoms with Gasteiger partial charge in [0.1, 0.15) is 0 Å². The van der Waals surface area contributed by atoms with Crippen molar-refractivity contribution in [2.24, 2.45) is 0 Å². The minimum atomic E-state index is -3.94. The van der Waals surface area contributed by atoms with Gasteiger partial charge in [0, 0.05) is 21.7 Å². The number of nitrogens with one attached hydrogen (secondary N) is 1. The first kappa shape index (κ1) is 24.5. The summed E-state index contributed by atoms with van der Waals surface area (Å²) in [5, 5.41) is 3.33. The van der Waals surface area contributed by atoms with Crippen LogP contribution in [0, 0.1) is 20.8 Å². The van der Waals surface area contributed by atoms with Gasteiger partial charge in [-0.25, -0.2) is 8.42 Å². The van der Waals surface area contributed by atoms with Gasteiger partial charge < -0.3 is 5.32 Å². The molecule has 0 spiro atoms. The van der Waals surface area contributed by atoms with Crippen LogP contribution in [-0.2, 0) is 21.4 Å². The topological polar surface area (TPSA) is 66.5 Å². The lowest BCUT2D eigenvalue weighted by molar-refractivity contribution is -0.116. The van der Waals surface area contributed by atoms with Crippen LogP contribution in [-0.4, -0.2) is 25.2 Å². The molecule has 0 saturated heterocycles. The lowest BCUT2D eigenvalue weighted by atomic mass is 10.1. The molecule has 0 fully saturated rings. The molecule has 0 atom stereocenters. The maximum Gasteiger partial charge on any atom is 0.243 e. The average molecular weight is 536 g/mol. The van der Waals surface area contributed by atoms with Gasteiger partial charge in [-0.1, -0.05) is 57.4 Å². The molecule has 8 heteroatoms. The van der Waals surface area contributed by atoms with Crippen molar-refractivity contribution < 1.29 is 13.2 Å². The first-order chi connectivity index (χ1) is 15.1. The smallest absolute Gasteiger partial charge is 0.243 e. The molecule has 0 unspecified atom stereocenters. The van der Waals surface area contributed by atoms with Crippen LogP contribution in [0.2, 0.25) is 5.02 Å². The predicted molar refractivity (Wildman–Crippen MR) is 132 cm³/mol. The Kier molecular flexibility index (Phi) is 7.77. The summed E-state index contributed by atoms with van der Waals surface area (Å²) in [6.45, 7) is 5.55. The summed E-state index contributed by atoms with van der Waals surface area (Å²) in [5.74, 6) is -0.408. The van der Waals surface area contributed by atoms with Crippen LogP contribution in [0.3, 0.4) is 0 Å². The molecule has 0 heterocycles. The summed E-state index contributed by atoms with van der Waals surface area (Å²) in [6, 6.07) is 17.2. The predicted octanol–water partition coefficient (Wildman–Crippen LogP) is 5.86. The summed E-state index contributed by atoms with van der Waals surface area (Å²) < 4.78 is 28.8. The summed E-state index contributed by atoms with van der Waals surface area (Å²) in [5.41, 5.74) is 4.42. The lowest BCUT2D eigenvalue weighted by Gasteiger charge is -2.23.